The van der Waals surface area contributed by atoms with Crippen LogP contribution in [0.1, 0.15) is 11.1 Å². The largest absolute Gasteiger partial charge is 0.416 e. The average molecular weight is 507 g/mol. The molecule has 188 valence electrons. The Bertz CT molecular complexity index is 1340. The number of hydrogen-bond acceptors (Lipinski definition) is 5. The molecule has 0 amide bonds. The maximum atomic E-state index is 13.3. The maximum Gasteiger partial charge on any atom is 0.416 e. The lowest BCUT2D eigenvalue weighted by molar-refractivity contribution is -0.143. The van der Waals surface area contributed by atoms with Gasteiger partial charge in [0.2, 0.25) is 0 Å². The van der Waals surface area contributed by atoms with Gasteiger partial charge in [-0.05, 0) is 54.1 Å². The van der Waals surface area contributed by atoms with E-state index in [-0.39, 0.29) is 22.8 Å². The van der Waals surface area contributed by atoms with Gasteiger partial charge in [0.05, 0.1) is 30.5 Å². The van der Waals surface area contributed by atoms with E-state index < -0.39 is 23.5 Å². The summed E-state index contributed by atoms with van der Waals surface area (Å²) in [5.41, 5.74) is -1.19. The lowest BCUT2D eigenvalue weighted by Crippen LogP contribution is -2.36. The predicted octanol–water partition coefficient (Wildman–Crippen LogP) is 6.01. The first-order chi connectivity index (χ1) is 17.1. The fourth-order valence-electron chi connectivity index (χ4n) is 3.98. The summed E-state index contributed by atoms with van der Waals surface area (Å²) in [6, 6.07) is 10.6. The van der Waals surface area contributed by atoms with E-state index in [2.05, 4.69) is 20.3 Å². The van der Waals surface area contributed by atoms with Crippen LogP contribution in [-0.2, 0) is 17.1 Å². The number of nitrogens with one attached hydrogen (secondary N) is 1. The Hall–Kier alpha value is -3.80. The number of benzene rings is 2. The third-order valence-corrected chi connectivity index (χ3v) is 5.78. The van der Waals surface area contributed by atoms with Crippen LogP contribution in [0.25, 0.3) is 16.8 Å². The molecule has 1 saturated heterocycles. The molecule has 0 bridgehead atoms. The van der Waals surface area contributed by atoms with Crippen LogP contribution in [0.5, 0.6) is 0 Å². The zero-order chi connectivity index (χ0) is 25.5. The summed E-state index contributed by atoms with van der Waals surface area (Å²) >= 11 is 0. The molecule has 0 atom stereocenters. The van der Waals surface area contributed by atoms with Crippen LogP contribution in [-0.4, -0.2) is 40.9 Å². The zero-order valence-electron chi connectivity index (χ0n) is 18.6. The molecular formula is C24H19F6N5O. The summed E-state index contributed by atoms with van der Waals surface area (Å²) in [4.78, 5) is 6.60. The van der Waals surface area contributed by atoms with Crippen LogP contribution in [0.2, 0.25) is 0 Å². The predicted molar refractivity (Wildman–Crippen MR) is 121 cm³/mol. The molecular weight excluding hydrogens is 488 g/mol. The molecule has 2 aromatic carbocycles. The highest BCUT2D eigenvalue weighted by Gasteiger charge is 2.37. The van der Waals surface area contributed by atoms with Crippen LogP contribution < -0.4 is 10.2 Å². The third-order valence-electron chi connectivity index (χ3n) is 5.78. The molecule has 3 heterocycles. The van der Waals surface area contributed by atoms with Gasteiger partial charge < -0.3 is 15.0 Å². The van der Waals surface area contributed by atoms with Gasteiger partial charge in [0.25, 0.3) is 0 Å². The van der Waals surface area contributed by atoms with Crippen molar-refractivity contribution in [3.63, 3.8) is 0 Å². The van der Waals surface area contributed by atoms with E-state index in [1.165, 1.54) is 16.9 Å². The number of anilines is 3. The quantitative estimate of drug-likeness (QED) is 0.343. The van der Waals surface area contributed by atoms with E-state index >= 15 is 0 Å². The second-order valence-corrected chi connectivity index (χ2v) is 8.21. The van der Waals surface area contributed by atoms with Crippen molar-refractivity contribution in [2.45, 2.75) is 12.4 Å². The normalized spacial score (nSPS) is 14.9. The molecule has 1 aliphatic heterocycles. The first-order valence-corrected chi connectivity index (χ1v) is 10.9. The number of nitrogens with zero attached hydrogens (tertiary/aromatic N) is 4. The number of fused-ring (bicyclic) bond motifs is 1. The Morgan fingerprint density at radius 1 is 0.833 bits per heavy atom. The number of morpholine rings is 1. The van der Waals surface area contributed by atoms with E-state index in [0.29, 0.717) is 36.9 Å². The summed E-state index contributed by atoms with van der Waals surface area (Å²) in [6.45, 7) is 2.91. The van der Waals surface area contributed by atoms with Gasteiger partial charge in [-0.1, -0.05) is 0 Å². The molecule has 1 N–H and O–H groups in total. The number of rotatable bonds is 4. The first-order valence-electron chi connectivity index (χ1n) is 10.9. The molecule has 2 aromatic heterocycles. The molecule has 5 rings (SSSR count). The van der Waals surface area contributed by atoms with Crippen LogP contribution in [0, 0.1) is 0 Å². The molecule has 0 unspecified atom stereocenters. The van der Waals surface area contributed by atoms with Crippen molar-refractivity contribution in [2.75, 3.05) is 36.5 Å². The summed E-state index contributed by atoms with van der Waals surface area (Å²) in [7, 11) is 0. The van der Waals surface area contributed by atoms with E-state index in [4.69, 9.17) is 4.74 Å². The summed E-state index contributed by atoms with van der Waals surface area (Å²) < 4.78 is 86.6. The van der Waals surface area contributed by atoms with E-state index in [9.17, 15) is 26.3 Å². The fourth-order valence-corrected chi connectivity index (χ4v) is 3.98. The van der Waals surface area contributed by atoms with Crippen molar-refractivity contribution >= 4 is 22.8 Å². The molecule has 0 aliphatic carbocycles. The maximum absolute atomic E-state index is 13.3. The highest BCUT2D eigenvalue weighted by atomic mass is 19.4. The van der Waals surface area contributed by atoms with Gasteiger partial charge in [0, 0.05) is 36.2 Å². The molecule has 12 heteroatoms. The minimum atomic E-state index is -4.95. The minimum absolute atomic E-state index is 0.0397. The van der Waals surface area contributed by atoms with Crippen molar-refractivity contribution in [1.82, 2.24) is 14.6 Å². The van der Waals surface area contributed by atoms with Crippen LogP contribution in [0.3, 0.4) is 0 Å². The molecule has 0 radical (unpaired) electrons. The molecule has 1 fully saturated rings. The summed E-state index contributed by atoms with van der Waals surface area (Å²) in [5, 5.41) is 7.15. The highest BCUT2D eigenvalue weighted by Crippen LogP contribution is 2.39. The Labute approximate surface area is 201 Å². The molecule has 0 spiro atoms. The van der Waals surface area contributed by atoms with Gasteiger partial charge in [0.1, 0.15) is 5.82 Å². The zero-order valence-corrected chi connectivity index (χ0v) is 18.6. The monoisotopic (exact) mass is 507 g/mol. The van der Waals surface area contributed by atoms with Crippen molar-refractivity contribution in [2.24, 2.45) is 0 Å². The van der Waals surface area contributed by atoms with Gasteiger partial charge in [-0.25, -0.2) is 9.50 Å². The van der Waals surface area contributed by atoms with Crippen LogP contribution >= 0.6 is 0 Å². The number of halogens is 6. The van der Waals surface area contributed by atoms with E-state index in [0.717, 1.165) is 18.8 Å². The molecule has 36 heavy (non-hydrogen) atoms. The Morgan fingerprint density at radius 3 is 2.08 bits per heavy atom. The van der Waals surface area contributed by atoms with Gasteiger partial charge in [-0.15, -0.1) is 0 Å². The lowest BCUT2D eigenvalue weighted by atomic mass is 10.0. The van der Waals surface area contributed by atoms with Gasteiger partial charge >= 0.3 is 12.4 Å². The van der Waals surface area contributed by atoms with Crippen molar-refractivity contribution in [3.8, 4) is 11.1 Å². The van der Waals surface area contributed by atoms with E-state index in [1.54, 1.807) is 6.07 Å². The lowest BCUT2D eigenvalue weighted by Gasteiger charge is -2.28. The molecule has 6 nitrogen and oxygen atoms in total. The SMILES string of the molecule is FC(F)(F)c1cc(-c2cnn3ccc(Nc4ccc(N5CCOCC5)cc4)nc23)cc(C(F)(F)F)c1. The molecule has 0 saturated carbocycles. The standard InChI is InChI=1S/C24H19F6N5O/c25-23(26,27)16-11-15(12-17(13-16)24(28,29)30)20-14-31-35-6-5-21(33-22(20)35)32-18-1-3-19(4-2-18)34-7-9-36-10-8-34/h1-6,11-14H,7-10H2,(H,32,33). The number of ether oxygens (including phenoxy) is 1. The van der Waals surface area contributed by atoms with Gasteiger partial charge in [-0.3, -0.25) is 0 Å². The summed E-state index contributed by atoms with van der Waals surface area (Å²) in [5.74, 6) is 0.353. The third kappa shape index (κ3) is 4.94. The van der Waals surface area contributed by atoms with Crippen LogP contribution in [0.15, 0.2) is 60.9 Å². The van der Waals surface area contributed by atoms with Crippen molar-refractivity contribution < 1.29 is 31.1 Å². The molecule has 1 aliphatic rings. The number of alkyl halides is 6. The van der Waals surface area contributed by atoms with Crippen LogP contribution in [0.4, 0.5) is 43.5 Å². The smallest absolute Gasteiger partial charge is 0.378 e. The first kappa shape index (κ1) is 23.9. The van der Waals surface area contributed by atoms with Gasteiger partial charge in [-0.2, -0.15) is 31.4 Å². The topological polar surface area (TPSA) is 54.7 Å². The van der Waals surface area contributed by atoms with Crippen molar-refractivity contribution in [1.29, 1.82) is 0 Å². The second kappa shape index (κ2) is 9.01. The molecule has 4 aromatic rings. The average Bonchev–Trinajstić information content (AvgIpc) is 3.27. The second-order valence-electron chi connectivity index (χ2n) is 8.21. The summed E-state index contributed by atoms with van der Waals surface area (Å²) in [6.07, 6.45) is -7.19. The highest BCUT2D eigenvalue weighted by molar-refractivity contribution is 5.79. The van der Waals surface area contributed by atoms with E-state index in [1.807, 2.05) is 24.3 Å². The minimum Gasteiger partial charge on any atom is -0.378 e. The number of aromatic nitrogens is 3. The van der Waals surface area contributed by atoms with Crippen molar-refractivity contribution in [3.05, 3.63) is 72.1 Å². The Morgan fingerprint density at radius 2 is 1.47 bits per heavy atom. The Kier molecular flexibility index (Phi) is 5.99. The fraction of sp³-hybridized carbons (Fsp3) is 0.250. The Balaban J connectivity index is 1.47. The van der Waals surface area contributed by atoms with Gasteiger partial charge in [0.15, 0.2) is 5.65 Å². The number of hydrogen-bond donors (Lipinski definition) is 1.